The third kappa shape index (κ3) is 7.60. The molecule has 0 aromatic heterocycles. The van der Waals surface area contributed by atoms with Crippen molar-refractivity contribution in [2.45, 2.75) is 25.9 Å². The number of likely N-dealkylation sites (N-methyl/N-ethyl adjacent to an activating group) is 1. The molecule has 8 heteroatoms. The number of para-hydroxylation sites is 1. The maximum atomic E-state index is 12.8. The molecule has 0 radical (unpaired) electrons. The summed E-state index contributed by atoms with van der Waals surface area (Å²) in [7, 11) is 1.49. The lowest BCUT2D eigenvalue weighted by Crippen LogP contribution is -2.49. The second kappa shape index (κ2) is 13.4. The van der Waals surface area contributed by atoms with Gasteiger partial charge in [0, 0.05) is 13.1 Å². The Balaban J connectivity index is 1.99. The number of thioether (sulfide) groups is 1. The van der Waals surface area contributed by atoms with E-state index >= 15 is 0 Å². The quantitative estimate of drug-likeness (QED) is 0.512. The molecule has 0 aliphatic carbocycles. The zero-order valence-corrected chi connectivity index (χ0v) is 19.6. The fourth-order valence-electron chi connectivity index (χ4n) is 3.15. The first-order valence-corrected chi connectivity index (χ1v) is 11.9. The van der Waals surface area contributed by atoms with Crippen LogP contribution in [0.2, 0.25) is 0 Å². The monoisotopic (exact) mass is 457 g/mol. The Morgan fingerprint density at radius 3 is 2.41 bits per heavy atom. The molecule has 2 N–H and O–H groups in total. The number of methoxy groups -OCH3 is 1. The molecule has 0 aliphatic heterocycles. The van der Waals surface area contributed by atoms with E-state index in [0.717, 1.165) is 5.56 Å². The van der Waals surface area contributed by atoms with Crippen LogP contribution >= 0.6 is 11.8 Å². The smallest absolute Gasteiger partial charge is 0.255 e. The number of hydrogen-bond donors (Lipinski definition) is 2. The van der Waals surface area contributed by atoms with Gasteiger partial charge < -0.3 is 20.3 Å². The van der Waals surface area contributed by atoms with Crippen LogP contribution in [0.1, 0.15) is 29.3 Å². The molecule has 0 heterocycles. The number of hydrogen-bond acceptors (Lipinski definition) is 5. The van der Waals surface area contributed by atoms with Gasteiger partial charge in [0.05, 0.1) is 19.2 Å². The van der Waals surface area contributed by atoms with E-state index in [4.69, 9.17) is 4.74 Å². The van der Waals surface area contributed by atoms with Crippen LogP contribution in [0.4, 0.5) is 0 Å². The molecule has 7 nitrogen and oxygen atoms in total. The van der Waals surface area contributed by atoms with E-state index in [-0.39, 0.29) is 18.4 Å². The highest BCUT2D eigenvalue weighted by atomic mass is 32.2. The van der Waals surface area contributed by atoms with Gasteiger partial charge in [0.25, 0.3) is 5.91 Å². The number of nitrogens with one attached hydrogen (secondary N) is 2. The summed E-state index contributed by atoms with van der Waals surface area (Å²) in [6.45, 7) is 2.79. The number of ether oxygens (including phenoxy) is 1. The summed E-state index contributed by atoms with van der Waals surface area (Å²) in [5, 5.41) is 5.47. The van der Waals surface area contributed by atoms with Gasteiger partial charge in [0.15, 0.2) is 0 Å². The molecule has 1 atom stereocenters. The molecule has 0 fully saturated rings. The summed E-state index contributed by atoms with van der Waals surface area (Å²) in [4.78, 5) is 39.9. The summed E-state index contributed by atoms with van der Waals surface area (Å²) in [5.74, 6) is 0.168. The Bertz CT molecular complexity index is 892. The predicted molar refractivity (Wildman–Crippen MR) is 128 cm³/mol. The topological polar surface area (TPSA) is 87.7 Å². The Morgan fingerprint density at radius 2 is 1.75 bits per heavy atom. The Morgan fingerprint density at radius 1 is 1.06 bits per heavy atom. The van der Waals surface area contributed by atoms with Crippen LogP contribution in [0.15, 0.2) is 54.6 Å². The second-order valence-electron chi connectivity index (χ2n) is 7.12. The zero-order chi connectivity index (χ0) is 23.3. The van der Waals surface area contributed by atoms with Crippen molar-refractivity contribution in [2.75, 3.05) is 32.2 Å². The van der Waals surface area contributed by atoms with Crippen LogP contribution < -0.4 is 15.4 Å². The van der Waals surface area contributed by atoms with E-state index in [2.05, 4.69) is 10.6 Å². The SMILES string of the molecule is CCN(Cc1ccccc1)C(=O)CNC(=O)C(CCSC)NC(=O)c1ccccc1OC. The summed E-state index contributed by atoms with van der Waals surface area (Å²) in [6.07, 6.45) is 2.38. The van der Waals surface area contributed by atoms with Gasteiger partial charge in [-0.15, -0.1) is 0 Å². The summed E-state index contributed by atoms with van der Waals surface area (Å²) in [5.41, 5.74) is 1.38. The Labute approximate surface area is 193 Å². The molecule has 2 aromatic rings. The summed E-state index contributed by atoms with van der Waals surface area (Å²) < 4.78 is 5.24. The number of carbonyl (C=O) groups is 3. The zero-order valence-electron chi connectivity index (χ0n) is 18.8. The predicted octanol–water partition coefficient (Wildman–Crippen LogP) is 2.71. The Hall–Kier alpha value is -3.00. The lowest BCUT2D eigenvalue weighted by Gasteiger charge is -2.23. The average molecular weight is 458 g/mol. The molecule has 3 amide bonds. The molecule has 0 spiro atoms. The highest BCUT2D eigenvalue weighted by molar-refractivity contribution is 7.98. The summed E-state index contributed by atoms with van der Waals surface area (Å²) in [6, 6.07) is 15.8. The first kappa shape index (κ1) is 25.3. The third-order valence-corrected chi connectivity index (χ3v) is 5.59. The molecular weight excluding hydrogens is 426 g/mol. The minimum absolute atomic E-state index is 0.125. The largest absolute Gasteiger partial charge is 0.496 e. The lowest BCUT2D eigenvalue weighted by atomic mass is 10.1. The lowest BCUT2D eigenvalue weighted by molar-refractivity contribution is -0.133. The first-order valence-electron chi connectivity index (χ1n) is 10.5. The molecule has 0 saturated heterocycles. The van der Waals surface area contributed by atoms with Crippen molar-refractivity contribution in [3.63, 3.8) is 0 Å². The van der Waals surface area contributed by atoms with Crippen LogP contribution in [-0.4, -0.2) is 60.9 Å². The van der Waals surface area contributed by atoms with Crippen molar-refractivity contribution >= 4 is 29.5 Å². The van der Waals surface area contributed by atoms with Crippen molar-refractivity contribution in [3.8, 4) is 5.75 Å². The maximum absolute atomic E-state index is 12.8. The molecule has 0 saturated carbocycles. The van der Waals surface area contributed by atoms with Crippen molar-refractivity contribution < 1.29 is 19.1 Å². The Kier molecular flexibility index (Phi) is 10.6. The minimum atomic E-state index is -0.753. The van der Waals surface area contributed by atoms with Gasteiger partial charge in [-0.25, -0.2) is 0 Å². The van der Waals surface area contributed by atoms with E-state index < -0.39 is 11.9 Å². The van der Waals surface area contributed by atoms with Gasteiger partial charge in [0.1, 0.15) is 11.8 Å². The molecule has 2 aromatic carbocycles. The van der Waals surface area contributed by atoms with Crippen molar-refractivity contribution in [1.82, 2.24) is 15.5 Å². The van der Waals surface area contributed by atoms with E-state index in [1.165, 1.54) is 7.11 Å². The molecule has 2 rings (SSSR count). The fourth-order valence-corrected chi connectivity index (χ4v) is 3.62. The second-order valence-corrected chi connectivity index (χ2v) is 8.10. The van der Waals surface area contributed by atoms with Crippen LogP contribution in [0.5, 0.6) is 5.75 Å². The van der Waals surface area contributed by atoms with Gasteiger partial charge in [-0.3, -0.25) is 14.4 Å². The third-order valence-electron chi connectivity index (χ3n) is 4.95. The maximum Gasteiger partial charge on any atom is 0.255 e. The van der Waals surface area contributed by atoms with E-state index in [0.29, 0.717) is 36.6 Å². The number of nitrogens with zero attached hydrogens (tertiary/aromatic N) is 1. The van der Waals surface area contributed by atoms with Crippen LogP contribution in [0, 0.1) is 0 Å². The van der Waals surface area contributed by atoms with E-state index in [9.17, 15) is 14.4 Å². The van der Waals surface area contributed by atoms with Crippen LogP contribution in [-0.2, 0) is 16.1 Å². The van der Waals surface area contributed by atoms with Gasteiger partial charge in [-0.2, -0.15) is 11.8 Å². The number of carbonyl (C=O) groups excluding carboxylic acids is 3. The molecule has 1 unspecified atom stereocenters. The minimum Gasteiger partial charge on any atom is -0.496 e. The van der Waals surface area contributed by atoms with Crippen molar-refractivity contribution in [2.24, 2.45) is 0 Å². The average Bonchev–Trinajstić information content (AvgIpc) is 2.83. The number of rotatable bonds is 12. The summed E-state index contributed by atoms with van der Waals surface area (Å²) >= 11 is 1.58. The van der Waals surface area contributed by atoms with Gasteiger partial charge >= 0.3 is 0 Å². The van der Waals surface area contributed by atoms with Crippen molar-refractivity contribution in [1.29, 1.82) is 0 Å². The van der Waals surface area contributed by atoms with Crippen LogP contribution in [0.3, 0.4) is 0 Å². The molecule has 32 heavy (non-hydrogen) atoms. The van der Waals surface area contributed by atoms with E-state index in [1.807, 2.05) is 43.5 Å². The van der Waals surface area contributed by atoms with Gasteiger partial charge in [-0.05, 0) is 43.0 Å². The highest BCUT2D eigenvalue weighted by Crippen LogP contribution is 2.17. The first-order chi connectivity index (χ1) is 15.5. The number of amides is 3. The highest BCUT2D eigenvalue weighted by Gasteiger charge is 2.23. The molecule has 0 aliphatic rings. The van der Waals surface area contributed by atoms with E-state index in [1.54, 1.807) is 40.9 Å². The van der Waals surface area contributed by atoms with Gasteiger partial charge in [0.2, 0.25) is 11.8 Å². The molecule has 172 valence electrons. The molecular formula is C24H31N3O4S. The van der Waals surface area contributed by atoms with Crippen LogP contribution in [0.25, 0.3) is 0 Å². The number of benzene rings is 2. The normalized spacial score (nSPS) is 11.3. The van der Waals surface area contributed by atoms with Crippen molar-refractivity contribution in [3.05, 3.63) is 65.7 Å². The standard InChI is InChI=1S/C24H31N3O4S/c1-4-27(17-18-10-6-5-7-11-18)22(28)16-25-24(30)20(14-15-32-3)26-23(29)19-12-8-9-13-21(19)31-2/h5-13,20H,4,14-17H2,1-3H3,(H,25,30)(H,26,29). The molecule has 0 bridgehead atoms. The fraction of sp³-hybridized carbons (Fsp3) is 0.375. The van der Waals surface area contributed by atoms with Gasteiger partial charge in [-0.1, -0.05) is 42.5 Å².